The number of methoxy groups -OCH3 is 1. The van der Waals surface area contributed by atoms with Crippen LogP contribution in [0.15, 0.2) is 18.3 Å². The van der Waals surface area contributed by atoms with Gasteiger partial charge in [-0.05, 0) is 25.3 Å². The highest BCUT2D eigenvalue weighted by atomic mass is 16.5. The Labute approximate surface area is 102 Å². The predicted octanol–water partition coefficient (Wildman–Crippen LogP) is 2.78. The van der Waals surface area contributed by atoms with Gasteiger partial charge in [-0.25, -0.2) is 4.98 Å². The minimum absolute atomic E-state index is 0.163. The molecule has 0 spiro atoms. The third kappa shape index (κ3) is 3.05. The molecule has 1 fully saturated rings. The van der Waals surface area contributed by atoms with Crippen molar-refractivity contribution in [3.8, 4) is 5.88 Å². The molecular weight excluding hydrogens is 214 g/mol. The molecule has 0 amide bonds. The van der Waals surface area contributed by atoms with Crippen LogP contribution in [-0.4, -0.2) is 17.9 Å². The molecular formula is C14H19NO2. The summed E-state index contributed by atoms with van der Waals surface area (Å²) in [5.74, 6) is 1.23. The number of aromatic nitrogens is 1. The molecule has 0 saturated heterocycles. The molecule has 3 nitrogen and oxygen atoms in total. The van der Waals surface area contributed by atoms with Gasteiger partial charge in [-0.15, -0.1) is 0 Å². The normalized spacial score (nSPS) is 21.0. The molecule has 0 bridgehead atoms. The van der Waals surface area contributed by atoms with Crippen LogP contribution in [0.5, 0.6) is 5.88 Å². The van der Waals surface area contributed by atoms with Crippen LogP contribution in [0.3, 0.4) is 0 Å². The lowest BCUT2D eigenvalue weighted by Gasteiger charge is -2.14. The van der Waals surface area contributed by atoms with E-state index >= 15 is 0 Å². The molecule has 0 N–H and O–H groups in total. The van der Waals surface area contributed by atoms with Crippen LogP contribution >= 0.6 is 0 Å². The van der Waals surface area contributed by atoms with Gasteiger partial charge in [0.1, 0.15) is 5.78 Å². The second-order valence-electron chi connectivity index (χ2n) is 4.64. The molecule has 0 radical (unpaired) electrons. The van der Waals surface area contributed by atoms with Crippen LogP contribution in [0, 0.1) is 5.92 Å². The topological polar surface area (TPSA) is 39.2 Å². The van der Waals surface area contributed by atoms with E-state index < -0.39 is 0 Å². The zero-order chi connectivity index (χ0) is 12.1. The van der Waals surface area contributed by atoms with E-state index in [-0.39, 0.29) is 5.92 Å². The van der Waals surface area contributed by atoms with E-state index in [4.69, 9.17) is 4.74 Å². The zero-order valence-electron chi connectivity index (χ0n) is 10.3. The largest absolute Gasteiger partial charge is 0.481 e. The lowest BCUT2D eigenvalue weighted by Crippen LogP contribution is -2.15. The van der Waals surface area contributed by atoms with Crippen molar-refractivity contribution in [2.24, 2.45) is 5.92 Å². The SMILES string of the molecule is COc1ncccc1CC1CCCCCC1=O. The summed E-state index contributed by atoms with van der Waals surface area (Å²) in [6.45, 7) is 0. The van der Waals surface area contributed by atoms with Crippen molar-refractivity contribution in [1.82, 2.24) is 4.98 Å². The van der Waals surface area contributed by atoms with Crippen molar-refractivity contribution in [1.29, 1.82) is 0 Å². The molecule has 1 atom stereocenters. The number of nitrogens with zero attached hydrogens (tertiary/aromatic N) is 1. The quantitative estimate of drug-likeness (QED) is 0.754. The summed E-state index contributed by atoms with van der Waals surface area (Å²) in [6, 6.07) is 3.91. The molecule has 17 heavy (non-hydrogen) atoms. The van der Waals surface area contributed by atoms with E-state index in [0.29, 0.717) is 11.7 Å². The highest BCUT2D eigenvalue weighted by molar-refractivity contribution is 5.81. The van der Waals surface area contributed by atoms with E-state index in [9.17, 15) is 4.79 Å². The second kappa shape index (κ2) is 5.80. The number of Topliss-reactive ketones (excluding diaryl/α,β-unsaturated/α-hetero) is 1. The summed E-state index contributed by atoms with van der Waals surface area (Å²) in [5, 5.41) is 0. The fraction of sp³-hybridized carbons (Fsp3) is 0.571. The molecule has 1 saturated carbocycles. The summed E-state index contributed by atoms with van der Waals surface area (Å²) in [6.07, 6.45) is 7.65. The average molecular weight is 233 g/mol. The van der Waals surface area contributed by atoms with Crippen molar-refractivity contribution in [3.63, 3.8) is 0 Å². The average Bonchev–Trinajstić information content (AvgIpc) is 2.56. The van der Waals surface area contributed by atoms with Gasteiger partial charge in [0.2, 0.25) is 5.88 Å². The van der Waals surface area contributed by atoms with Crippen LogP contribution in [0.25, 0.3) is 0 Å². The van der Waals surface area contributed by atoms with E-state index in [1.807, 2.05) is 12.1 Å². The maximum absolute atomic E-state index is 12.0. The fourth-order valence-corrected chi connectivity index (χ4v) is 2.48. The van der Waals surface area contributed by atoms with E-state index in [1.165, 1.54) is 12.8 Å². The molecule has 1 heterocycles. The van der Waals surface area contributed by atoms with E-state index in [2.05, 4.69) is 4.98 Å². The van der Waals surface area contributed by atoms with Crippen LogP contribution in [0.2, 0.25) is 0 Å². The number of ketones is 1. The van der Waals surface area contributed by atoms with E-state index in [1.54, 1.807) is 13.3 Å². The first kappa shape index (κ1) is 12.1. The first-order valence-electron chi connectivity index (χ1n) is 6.32. The molecule has 2 rings (SSSR count). The lowest BCUT2D eigenvalue weighted by molar-refractivity contribution is -0.122. The van der Waals surface area contributed by atoms with Gasteiger partial charge in [-0.1, -0.05) is 18.9 Å². The first-order valence-corrected chi connectivity index (χ1v) is 6.32. The second-order valence-corrected chi connectivity index (χ2v) is 4.64. The van der Waals surface area contributed by atoms with Crippen LogP contribution in [-0.2, 0) is 11.2 Å². The van der Waals surface area contributed by atoms with Crippen molar-refractivity contribution < 1.29 is 9.53 Å². The monoisotopic (exact) mass is 233 g/mol. The Hall–Kier alpha value is -1.38. The molecule has 3 heteroatoms. The van der Waals surface area contributed by atoms with Crippen molar-refractivity contribution in [3.05, 3.63) is 23.9 Å². The number of hydrogen-bond donors (Lipinski definition) is 0. The molecule has 0 aliphatic heterocycles. The maximum atomic E-state index is 12.0. The van der Waals surface area contributed by atoms with Gasteiger partial charge in [-0.3, -0.25) is 4.79 Å². The number of ether oxygens (including phenoxy) is 1. The highest BCUT2D eigenvalue weighted by Crippen LogP contribution is 2.26. The lowest BCUT2D eigenvalue weighted by atomic mass is 9.92. The number of carbonyl (C=O) groups excluding carboxylic acids is 1. The Kier molecular flexibility index (Phi) is 4.13. The Morgan fingerprint density at radius 2 is 2.29 bits per heavy atom. The number of hydrogen-bond acceptors (Lipinski definition) is 3. The van der Waals surface area contributed by atoms with Crippen LogP contribution in [0.4, 0.5) is 0 Å². The van der Waals surface area contributed by atoms with E-state index in [0.717, 1.165) is 31.2 Å². The fourth-order valence-electron chi connectivity index (χ4n) is 2.48. The van der Waals surface area contributed by atoms with Gasteiger partial charge in [-0.2, -0.15) is 0 Å². The van der Waals surface area contributed by atoms with Gasteiger partial charge in [0.25, 0.3) is 0 Å². The third-order valence-electron chi connectivity index (χ3n) is 3.44. The Balaban J connectivity index is 2.10. The third-order valence-corrected chi connectivity index (χ3v) is 3.44. The van der Waals surface area contributed by atoms with Gasteiger partial charge in [0.15, 0.2) is 0 Å². The summed E-state index contributed by atoms with van der Waals surface area (Å²) in [5.41, 5.74) is 1.05. The van der Waals surface area contributed by atoms with Gasteiger partial charge >= 0.3 is 0 Å². The maximum Gasteiger partial charge on any atom is 0.216 e. The predicted molar refractivity (Wildman–Crippen MR) is 66.1 cm³/mol. The summed E-state index contributed by atoms with van der Waals surface area (Å²) in [4.78, 5) is 16.1. The van der Waals surface area contributed by atoms with Crippen molar-refractivity contribution in [2.75, 3.05) is 7.11 Å². The Morgan fingerprint density at radius 1 is 1.41 bits per heavy atom. The number of carbonyl (C=O) groups is 1. The zero-order valence-corrected chi connectivity index (χ0v) is 10.3. The summed E-state index contributed by atoms with van der Waals surface area (Å²) >= 11 is 0. The van der Waals surface area contributed by atoms with Crippen molar-refractivity contribution in [2.45, 2.75) is 38.5 Å². The Bertz CT molecular complexity index is 390. The molecule has 1 aromatic rings. The first-order chi connectivity index (χ1) is 8.31. The molecule has 0 aromatic carbocycles. The van der Waals surface area contributed by atoms with Crippen LogP contribution < -0.4 is 4.74 Å². The molecule has 1 aromatic heterocycles. The molecule has 1 aliphatic carbocycles. The molecule has 1 aliphatic rings. The summed E-state index contributed by atoms with van der Waals surface area (Å²) < 4.78 is 5.23. The minimum atomic E-state index is 0.163. The van der Waals surface area contributed by atoms with Crippen LogP contribution in [0.1, 0.15) is 37.7 Å². The smallest absolute Gasteiger partial charge is 0.216 e. The standard InChI is InChI=1S/C14H19NO2/c1-17-14-12(7-5-9-15-14)10-11-6-3-2-4-8-13(11)16/h5,7,9,11H,2-4,6,8,10H2,1H3. The number of pyridine rings is 1. The van der Waals surface area contributed by atoms with Gasteiger partial charge < -0.3 is 4.74 Å². The van der Waals surface area contributed by atoms with Gasteiger partial charge in [0, 0.05) is 24.1 Å². The minimum Gasteiger partial charge on any atom is -0.481 e. The highest BCUT2D eigenvalue weighted by Gasteiger charge is 2.22. The number of rotatable bonds is 3. The van der Waals surface area contributed by atoms with Gasteiger partial charge in [0.05, 0.1) is 7.11 Å². The molecule has 92 valence electrons. The molecule has 1 unspecified atom stereocenters. The van der Waals surface area contributed by atoms with Crippen molar-refractivity contribution >= 4 is 5.78 Å². The Morgan fingerprint density at radius 3 is 3.12 bits per heavy atom. The summed E-state index contributed by atoms with van der Waals surface area (Å²) in [7, 11) is 1.63.